The molecule has 14 heavy (non-hydrogen) atoms. The third-order valence-corrected chi connectivity index (χ3v) is 2.56. The summed E-state index contributed by atoms with van der Waals surface area (Å²) in [5, 5.41) is 15.2. The van der Waals surface area contributed by atoms with Crippen molar-refractivity contribution in [3.05, 3.63) is 16.8 Å². The van der Waals surface area contributed by atoms with Crippen LogP contribution in [0.4, 0.5) is 5.69 Å². The minimum atomic E-state index is -0.574. The van der Waals surface area contributed by atoms with Gasteiger partial charge < -0.3 is 5.32 Å². The highest BCUT2D eigenvalue weighted by molar-refractivity contribution is 7.08. The molecule has 1 aromatic rings. The first-order chi connectivity index (χ1) is 6.65. The third-order valence-electron chi connectivity index (χ3n) is 1.88. The second-order valence-corrected chi connectivity index (χ2v) is 4.13. The van der Waals surface area contributed by atoms with E-state index in [1.54, 1.807) is 0 Å². The van der Waals surface area contributed by atoms with Crippen molar-refractivity contribution in [2.24, 2.45) is 11.8 Å². The van der Waals surface area contributed by atoms with E-state index in [2.05, 4.69) is 5.32 Å². The molecule has 3 nitrogen and oxygen atoms in total. The highest BCUT2D eigenvalue weighted by Crippen LogP contribution is 2.16. The normalized spacial score (nSPS) is 12.1. The van der Waals surface area contributed by atoms with E-state index in [1.807, 2.05) is 36.7 Å². The predicted octanol–water partition coefficient (Wildman–Crippen LogP) is 2.48. The van der Waals surface area contributed by atoms with Crippen LogP contribution in [0, 0.1) is 23.2 Å². The Balaban J connectivity index is 2.62. The van der Waals surface area contributed by atoms with Gasteiger partial charge in [0.1, 0.15) is 5.92 Å². The zero-order valence-corrected chi connectivity index (χ0v) is 8.97. The summed E-state index contributed by atoms with van der Waals surface area (Å²) in [6, 6.07) is 3.82. The number of rotatable bonds is 3. The first-order valence-electron chi connectivity index (χ1n) is 4.38. The fraction of sp³-hybridized carbons (Fsp3) is 0.400. The molecular formula is C10H12N2OS. The summed E-state index contributed by atoms with van der Waals surface area (Å²) in [4.78, 5) is 11.6. The summed E-state index contributed by atoms with van der Waals surface area (Å²) in [7, 11) is 0. The summed E-state index contributed by atoms with van der Waals surface area (Å²) in [5.41, 5.74) is 0.765. The zero-order valence-electron chi connectivity index (χ0n) is 8.15. The molecule has 0 fully saturated rings. The van der Waals surface area contributed by atoms with E-state index in [0.29, 0.717) is 0 Å². The number of amides is 1. The summed E-state index contributed by atoms with van der Waals surface area (Å²) in [6.07, 6.45) is 0. The first-order valence-corrected chi connectivity index (χ1v) is 5.32. The van der Waals surface area contributed by atoms with Crippen molar-refractivity contribution in [1.29, 1.82) is 5.26 Å². The lowest BCUT2D eigenvalue weighted by Crippen LogP contribution is -2.25. The Hall–Kier alpha value is -1.34. The Kier molecular flexibility index (Phi) is 3.66. The van der Waals surface area contributed by atoms with Crippen molar-refractivity contribution in [2.45, 2.75) is 13.8 Å². The molecule has 0 bridgehead atoms. The van der Waals surface area contributed by atoms with Crippen LogP contribution in [0.3, 0.4) is 0 Å². The SMILES string of the molecule is CC(C)C(C#N)C(=O)Nc1ccsc1. The van der Waals surface area contributed by atoms with Crippen LogP contribution in [0.5, 0.6) is 0 Å². The molecule has 0 aliphatic rings. The van der Waals surface area contributed by atoms with Crippen LogP contribution in [0.2, 0.25) is 0 Å². The van der Waals surface area contributed by atoms with Crippen LogP contribution in [-0.4, -0.2) is 5.91 Å². The summed E-state index contributed by atoms with van der Waals surface area (Å²) in [5.74, 6) is -0.755. The van der Waals surface area contributed by atoms with Crippen LogP contribution in [0.15, 0.2) is 16.8 Å². The highest BCUT2D eigenvalue weighted by atomic mass is 32.1. The van der Waals surface area contributed by atoms with Gasteiger partial charge in [-0.3, -0.25) is 4.79 Å². The van der Waals surface area contributed by atoms with Crippen molar-refractivity contribution in [1.82, 2.24) is 0 Å². The molecule has 1 unspecified atom stereocenters. The number of thiophene rings is 1. The van der Waals surface area contributed by atoms with E-state index in [1.165, 1.54) is 11.3 Å². The van der Waals surface area contributed by atoms with Gasteiger partial charge in [0.05, 0.1) is 11.8 Å². The number of anilines is 1. The molecule has 1 N–H and O–H groups in total. The molecule has 1 atom stereocenters. The van der Waals surface area contributed by atoms with Crippen molar-refractivity contribution in [2.75, 3.05) is 5.32 Å². The van der Waals surface area contributed by atoms with Gasteiger partial charge in [-0.1, -0.05) is 13.8 Å². The smallest absolute Gasteiger partial charge is 0.242 e. The van der Waals surface area contributed by atoms with Crippen LogP contribution in [-0.2, 0) is 4.79 Å². The molecule has 1 rings (SSSR count). The number of carbonyl (C=O) groups excluding carboxylic acids is 1. The second-order valence-electron chi connectivity index (χ2n) is 3.35. The van der Waals surface area contributed by atoms with E-state index < -0.39 is 5.92 Å². The number of hydrogen-bond donors (Lipinski definition) is 1. The lowest BCUT2D eigenvalue weighted by molar-refractivity contribution is -0.119. The lowest BCUT2D eigenvalue weighted by atomic mass is 9.97. The Morgan fingerprint density at radius 1 is 1.64 bits per heavy atom. The third kappa shape index (κ3) is 2.57. The molecule has 0 radical (unpaired) electrons. The van der Waals surface area contributed by atoms with E-state index in [4.69, 9.17) is 5.26 Å². The minimum absolute atomic E-state index is 0.0404. The largest absolute Gasteiger partial charge is 0.324 e. The topological polar surface area (TPSA) is 52.9 Å². The van der Waals surface area contributed by atoms with Gasteiger partial charge in [-0.2, -0.15) is 16.6 Å². The molecule has 0 saturated carbocycles. The summed E-state index contributed by atoms with van der Waals surface area (Å²) in [6.45, 7) is 3.72. The van der Waals surface area contributed by atoms with E-state index in [-0.39, 0.29) is 11.8 Å². The average molecular weight is 208 g/mol. The molecule has 1 amide bonds. The fourth-order valence-corrected chi connectivity index (χ4v) is 1.65. The van der Waals surface area contributed by atoms with Crippen LogP contribution >= 0.6 is 11.3 Å². The predicted molar refractivity (Wildman–Crippen MR) is 56.9 cm³/mol. The summed E-state index contributed by atoms with van der Waals surface area (Å²) < 4.78 is 0. The van der Waals surface area contributed by atoms with E-state index in [0.717, 1.165) is 5.69 Å². The molecule has 0 aliphatic carbocycles. The molecule has 74 valence electrons. The van der Waals surface area contributed by atoms with E-state index >= 15 is 0 Å². The molecule has 1 aromatic heterocycles. The van der Waals surface area contributed by atoms with Gasteiger partial charge in [-0.25, -0.2) is 0 Å². The van der Waals surface area contributed by atoms with Crippen LogP contribution in [0.1, 0.15) is 13.8 Å². The molecule has 1 heterocycles. The van der Waals surface area contributed by atoms with Crippen LogP contribution in [0.25, 0.3) is 0 Å². The van der Waals surface area contributed by atoms with E-state index in [9.17, 15) is 4.79 Å². The first kappa shape index (κ1) is 10.7. The van der Waals surface area contributed by atoms with Gasteiger partial charge in [0.25, 0.3) is 0 Å². The number of hydrogen-bond acceptors (Lipinski definition) is 3. The monoisotopic (exact) mass is 208 g/mol. The van der Waals surface area contributed by atoms with Gasteiger partial charge in [0, 0.05) is 5.38 Å². The fourth-order valence-electron chi connectivity index (χ4n) is 1.07. The highest BCUT2D eigenvalue weighted by Gasteiger charge is 2.21. The van der Waals surface area contributed by atoms with Gasteiger partial charge in [-0.15, -0.1) is 0 Å². The zero-order chi connectivity index (χ0) is 10.6. The molecule has 0 saturated heterocycles. The van der Waals surface area contributed by atoms with Gasteiger partial charge in [0.2, 0.25) is 5.91 Å². The Labute approximate surface area is 87.4 Å². The number of carbonyl (C=O) groups is 1. The van der Waals surface area contributed by atoms with Gasteiger partial charge in [0.15, 0.2) is 0 Å². The maximum absolute atomic E-state index is 11.6. The molecular weight excluding hydrogens is 196 g/mol. The lowest BCUT2D eigenvalue weighted by Gasteiger charge is -2.11. The van der Waals surface area contributed by atoms with Gasteiger partial charge in [-0.05, 0) is 17.4 Å². The Bertz CT molecular complexity index is 338. The minimum Gasteiger partial charge on any atom is -0.324 e. The van der Waals surface area contributed by atoms with Crippen molar-refractivity contribution >= 4 is 22.9 Å². The van der Waals surface area contributed by atoms with Crippen molar-refractivity contribution in [3.63, 3.8) is 0 Å². The average Bonchev–Trinajstić information content (AvgIpc) is 2.57. The maximum Gasteiger partial charge on any atom is 0.242 e. The summed E-state index contributed by atoms with van der Waals surface area (Å²) >= 11 is 1.51. The molecule has 0 spiro atoms. The number of nitrogens with zero attached hydrogens (tertiary/aromatic N) is 1. The molecule has 0 aliphatic heterocycles. The second kappa shape index (κ2) is 4.77. The van der Waals surface area contributed by atoms with Crippen molar-refractivity contribution in [3.8, 4) is 6.07 Å². The van der Waals surface area contributed by atoms with Crippen molar-refractivity contribution < 1.29 is 4.79 Å². The quantitative estimate of drug-likeness (QED) is 0.829. The number of nitriles is 1. The standard InChI is InChI=1S/C10H12N2OS/c1-7(2)9(5-11)10(13)12-8-3-4-14-6-8/h3-4,6-7,9H,1-2H3,(H,12,13). The van der Waals surface area contributed by atoms with Gasteiger partial charge >= 0.3 is 0 Å². The molecule has 4 heteroatoms. The van der Waals surface area contributed by atoms with Crippen LogP contribution < -0.4 is 5.32 Å². The molecule has 0 aromatic carbocycles. The number of nitrogens with one attached hydrogen (secondary N) is 1. The Morgan fingerprint density at radius 3 is 2.79 bits per heavy atom. The maximum atomic E-state index is 11.6. The Morgan fingerprint density at radius 2 is 2.36 bits per heavy atom.